The van der Waals surface area contributed by atoms with E-state index < -0.39 is 0 Å². The fourth-order valence-electron chi connectivity index (χ4n) is 2.52. The number of hydrogen-bond donors (Lipinski definition) is 1. The maximum Gasteiger partial charge on any atom is 0.229 e. The van der Waals surface area contributed by atoms with Crippen LogP contribution in [-0.2, 0) is 11.2 Å². The fourth-order valence-corrected chi connectivity index (χ4v) is 4.17. The second kappa shape index (κ2) is 9.28. The van der Waals surface area contributed by atoms with Gasteiger partial charge in [-0.25, -0.2) is 0 Å². The summed E-state index contributed by atoms with van der Waals surface area (Å²) in [4.78, 5) is 24.1. The number of Topliss-reactive ketones (excluding diaryl/α,β-unsaturated/α-hetero) is 1. The molecular formula is C19H23N3O2S2. The van der Waals surface area contributed by atoms with E-state index in [0.717, 1.165) is 24.8 Å². The number of nitrogens with zero attached hydrogens (tertiary/aromatic N) is 2. The van der Waals surface area contributed by atoms with Gasteiger partial charge in [-0.2, -0.15) is 0 Å². The first-order valence-electron chi connectivity index (χ1n) is 9.05. The number of carbonyl (C=O) groups is 2. The molecule has 1 aromatic carbocycles. The molecule has 2 aromatic rings. The Morgan fingerprint density at radius 2 is 1.96 bits per heavy atom. The Kier molecular flexibility index (Phi) is 6.80. The summed E-state index contributed by atoms with van der Waals surface area (Å²) in [6.07, 6.45) is 6.62. The largest absolute Gasteiger partial charge is 0.300 e. The van der Waals surface area contributed by atoms with E-state index in [2.05, 4.69) is 22.4 Å². The summed E-state index contributed by atoms with van der Waals surface area (Å²) in [5.74, 6) is 0.559. The van der Waals surface area contributed by atoms with Crippen molar-refractivity contribution in [2.45, 2.75) is 49.8 Å². The van der Waals surface area contributed by atoms with Crippen molar-refractivity contribution in [3.63, 3.8) is 0 Å². The number of nitrogens with one attached hydrogen (secondary N) is 1. The molecule has 1 aromatic heterocycles. The smallest absolute Gasteiger partial charge is 0.229 e. The number of aromatic nitrogens is 2. The third-order valence-electron chi connectivity index (χ3n) is 4.26. The average Bonchev–Trinajstić information content (AvgIpc) is 3.41. The van der Waals surface area contributed by atoms with E-state index in [1.807, 2.05) is 24.3 Å². The van der Waals surface area contributed by atoms with Crippen molar-refractivity contribution in [3.8, 4) is 0 Å². The van der Waals surface area contributed by atoms with Gasteiger partial charge in [-0.15, -0.1) is 10.2 Å². The van der Waals surface area contributed by atoms with Crippen LogP contribution in [0, 0.1) is 5.92 Å². The van der Waals surface area contributed by atoms with Crippen LogP contribution >= 0.6 is 23.1 Å². The fraction of sp³-hybridized carbons (Fsp3) is 0.474. The van der Waals surface area contributed by atoms with Gasteiger partial charge >= 0.3 is 0 Å². The molecule has 1 amide bonds. The van der Waals surface area contributed by atoms with E-state index in [0.29, 0.717) is 15.2 Å². The molecule has 1 aliphatic carbocycles. The zero-order valence-corrected chi connectivity index (χ0v) is 16.5. The first-order valence-corrected chi connectivity index (χ1v) is 10.8. The van der Waals surface area contributed by atoms with Gasteiger partial charge in [0, 0.05) is 11.5 Å². The number of carbonyl (C=O) groups excluding carboxylic acids is 2. The SMILES string of the molecule is CCCCCc1ccc(C(=O)CSc2nnc(NC(=O)C3CC3)s2)cc1. The molecule has 5 nitrogen and oxygen atoms in total. The quantitative estimate of drug-likeness (QED) is 0.278. The minimum atomic E-state index is 0.0211. The number of anilines is 1. The zero-order chi connectivity index (χ0) is 18.4. The van der Waals surface area contributed by atoms with Crippen molar-refractivity contribution in [2.75, 3.05) is 11.1 Å². The minimum Gasteiger partial charge on any atom is -0.300 e. The molecule has 0 radical (unpaired) electrons. The Labute approximate surface area is 162 Å². The number of unbranched alkanes of at least 4 members (excludes halogenated alkanes) is 2. The summed E-state index contributed by atoms with van der Waals surface area (Å²) >= 11 is 2.67. The highest BCUT2D eigenvalue weighted by molar-refractivity contribution is 8.01. The highest BCUT2D eigenvalue weighted by Crippen LogP contribution is 2.32. The van der Waals surface area contributed by atoms with Gasteiger partial charge in [-0.3, -0.25) is 9.59 Å². The number of hydrogen-bond acceptors (Lipinski definition) is 6. The summed E-state index contributed by atoms with van der Waals surface area (Å²) in [7, 11) is 0. The van der Waals surface area contributed by atoms with E-state index in [1.54, 1.807) is 0 Å². The van der Waals surface area contributed by atoms with Gasteiger partial charge in [0.25, 0.3) is 0 Å². The van der Waals surface area contributed by atoms with Gasteiger partial charge in [0.05, 0.1) is 5.75 Å². The molecule has 0 spiro atoms. The van der Waals surface area contributed by atoms with Crippen molar-refractivity contribution < 1.29 is 9.59 Å². The lowest BCUT2D eigenvalue weighted by molar-refractivity contribution is -0.117. The van der Waals surface area contributed by atoms with Crippen LogP contribution in [0.3, 0.4) is 0 Å². The molecule has 0 atom stereocenters. The van der Waals surface area contributed by atoms with Gasteiger partial charge in [-0.1, -0.05) is 67.1 Å². The van der Waals surface area contributed by atoms with Crippen LogP contribution in [0.25, 0.3) is 0 Å². The molecule has 0 unspecified atom stereocenters. The second-order valence-corrected chi connectivity index (χ2v) is 8.70. The summed E-state index contributed by atoms with van der Waals surface area (Å²) in [5.41, 5.74) is 2.01. The van der Waals surface area contributed by atoms with Gasteiger partial charge in [-0.05, 0) is 31.2 Å². The molecule has 1 fully saturated rings. The van der Waals surface area contributed by atoms with E-state index in [4.69, 9.17) is 0 Å². The Morgan fingerprint density at radius 1 is 1.19 bits per heavy atom. The average molecular weight is 390 g/mol. The van der Waals surface area contributed by atoms with Crippen molar-refractivity contribution >= 4 is 39.9 Å². The third-order valence-corrected chi connectivity index (χ3v) is 6.23. The van der Waals surface area contributed by atoms with Crippen LogP contribution in [0.15, 0.2) is 28.6 Å². The molecule has 3 rings (SSSR count). The number of thioether (sulfide) groups is 1. The number of rotatable bonds is 10. The molecule has 1 aliphatic rings. The molecule has 138 valence electrons. The van der Waals surface area contributed by atoms with E-state index in [-0.39, 0.29) is 17.6 Å². The predicted molar refractivity (Wildman–Crippen MR) is 106 cm³/mol. The molecule has 26 heavy (non-hydrogen) atoms. The Hall–Kier alpha value is -1.73. The van der Waals surface area contributed by atoms with Crippen molar-refractivity contribution in [2.24, 2.45) is 5.92 Å². The van der Waals surface area contributed by atoms with Crippen molar-refractivity contribution in [1.29, 1.82) is 0 Å². The van der Waals surface area contributed by atoms with Crippen LogP contribution in [0.2, 0.25) is 0 Å². The minimum absolute atomic E-state index is 0.0211. The van der Waals surface area contributed by atoms with Crippen LogP contribution in [0.5, 0.6) is 0 Å². The molecule has 1 saturated carbocycles. The van der Waals surface area contributed by atoms with Gasteiger partial charge < -0.3 is 5.32 Å². The zero-order valence-electron chi connectivity index (χ0n) is 14.9. The highest BCUT2D eigenvalue weighted by atomic mass is 32.2. The van der Waals surface area contributed by atoms with Crippen molar-refractivity contribution in [3.05, 3.63) is 35.4 Å². The molecule has 0 bridgehead atoms. The summed E-state index contributed by atoms with van der Waals surface area (Å²) in [5, 5.41) is 11.3. The van der Waals surface area contributed by atoms with E-state index in [9.17, 15) is 9.59 Å². The summed E-state index contributed by atoms with van der Waals surface area (Å²) < 4.78 is 0.695. The van der Waals surface area contributed by atoms with E-state index >= 15 is 0 Å². The first-order chi connectivity index (χ1) is 12.7. The van der Waals surface area contributed by atoms with E-state index in [1.165, 1.54) is 47.9 Å². The highest BCUT2D eigenvalue weighted by Gasteiger charge is 2.30. The lowest BCUT2D eigenvalue weighted by atomic mass is 10.0. The summed E-state index contributed by atoms with van der Waals surface area (Å²) in [6, 6.07) is 7.91. The Morgan fingerprint density at radius 3 is 2.65 bits per heavy atom. The normalized spacial score (nSPS) is 13.6. The molecule has 7 heteroatoms. The van der Waals surface area contributed by atoms with Crippen LogP contribution in [-0.4, -0.2) is 27.6 Å². The standard InChI is InChI=1S/C19H23N3O2S2/c1-2-3-4-5-13-6-8-14(9-7-13)16(23)12-25-19-22-21-18(26-19)20-17(24)15-10-11-15/h6-9,15H,2-5,10-12H2,1H3,(H,20,21,24). The number of ketones is 1. The monoisotopic (exact) mass is 389 g/mol. The van der Waals surface area contributed by atoms with Gasteiger partial charge in [0.15, 0.2) is 10.1 Å². The summed E-state index contributed by atoms with van der Waals surface area (Å²) in [6.45, 7) is 2.20. The number of amides is 1. The molecular weight excluding hydrogens is 366 g/mol. The third kappa shape index (κ3) is 5.64. The maximum atomic E-state index is 12.3. The van der Waals surface area contributed by atoms with Gasteiger partial charge in [0.2, 0.25) is 11.0 Å². The van der Waals surface area contributed by atoms with Crippen LogP contribution in [0.1, 0.15) is 54.9 Å². The van der Waals surface area contributed by atoms with Gasteiger partial charge in [0.1, 0.15) is 0 Å². The molecule has 1 heterocycles. The predicted octanol–water partition coefficient (Wildman–Crippen LogP) is 4.59. The Balaban J connectivity index is 1.46. The molecule has 0 saturated heterocycles. The molecule has 0 aliphatic heterocycles. The number of aryl methyl sites for hydroxylation is 1. The molecule has 1 N–H and O–H groups in total. The van der Waals surface area contributed by atoms with Crippen molar-refractivity contribution in [1.82, 2.24) is 10.2 Å². The Bertz CT molecular complexity index is 754. The topological polar surface area (TPSA) is 72.0 Å². The number of benzene rings is 1. The van der Waals surface area contributed by atoms with Crippen LogP contribution < -0.4 is 5.32 Å². The lowest BCUT2D eigenvalue weighted by Crippen LogP contribution is -2.12. The maximum absolute atomic E-state index is 12.3. The second-order valence-electron chi connectivity index (χ2n) is 6.50. The first kappa shape index (κ1) is 19.0. The van der Waals surface area contributed by atoms with Crippen LogP contribution in [0.4, 0.5) is 5.13 Å². The lowest BCUT2D eigenvalue weighted by Gasteiger charge is -2.03.